The van der Waals surface area contributed by atoms with E-state index in [4.69, 9.17) is 11.6 Å². The van der Waals surface area contributed by atoms with Crippen LogP contribution in [0.3, 0.4) is 0 Å². The van der Waals surface area contributed by atoms with E-state index in [1.54, 1.807) is 0 Å². The molecule has 2 aliphatic rings. The lowest BCUT2D eigenvalue weighted by molar-refractivity contribution is 0.00472. The maximum Gasteiger partial charge on any atom is 0.251 e. The first-order valence-electron chi connectivity index (χ1n) is 9.19. The molecule has 1 aromatic rings. The van der Waals surface area contributed by atoms with Gasteiger partial charge in [-0.05, 0) is 62.8 Å². The van der Waals surface area contributed by atoms with Crippen LogP contribution in [0.4, 0.5) is 13.2 Å². The summed E-state index contributed by atoms with van der Waals surface area (Å²) in [6.07, 6.45) is 3.95. The van der Waals surface area contributed by atoms with Gasteiger partial charge in [-0.1, -0.05) is 11.6 Å². The van der Waals surface area contributed by atoms with Crippen LogP contribution in [0, 0.1) is 11.7 Å². The first-order valence-corrected chi connectivity index (χ1v) is 9.57. The van der Waals surface area contributed by atoms with Gasteiger partial charge in [0.05, 0.1) is 0 Å². The molecule has 7 heteroatoms. The van der Waals surface area contributed by atoms with Gasteiger partial charge in [-0.3, -0.25) is 4.79 Å². The second-order valence-corrected chi connectivity index (χ2v) is 7.98. The Labute approximate surface area is 156 Å². The van der Waals surface area contributed by atoms with E-state index in [0.717, 1.165) is 38.3 Å². The molecule has 3 rings (SSSR count). The van der Waals surface area contributed by atoms with Crippen molar-refractivity contribution >= 4 is 17.5 Å². The normalized spacial score (nSPS) is 27.6. The summed E-state index contributed by atoms with van der Waals surface area (Å²) in [7, 11) is 0. The van der Waals surface area contributed by atoms with Gasteiger partial charge in [0.2, 0.25) is 5.92 Å². The van der Waals surface area contributed by atoms with Crippen molar-refractivity contribution in [1.29, 1.82) is 0 Å². The van der Waals surface area contributed by atoms with E-state index in [2.05, 4.69) is 10.6 Å². The number of carbonyl (C=O) groups excluding carboxylic acids is 1. The molecular weight excluding hydrogens is 365 g/mol. The standard InChI is InChI=1S/C19H24ClF3N2O/c20-14-7-13(8-15(21)9-14)18(26)25-17-2-1-16(10-17)24-6-4-12-3-5-19(22,23)11-12/h7-9,12,16-17,24H,1-6,10-11H2,(H,25,26)/t12?,16-,17-/m0/s1. The smallest absolute Gasteiger partial charge is 0.251 e. The Morgan fingerprint density at radius 2 is 1.96 bits per heavy atom. The first-order chi connectivity index (χ1) is 12.3. The van der Waals surface area contributed by atoms with Crippen molar-refractivity contribution in [2.75, 3.05) is 6.54 Å². The van der Waals surface area contributed by atoms with E-state index >= 15 is 0 Å². The summed E-state index contributed by atoms with van der Waals surface area (Å²) in [6.45, 7) is 0.728. The monoisotopic (exact) mass is 388 g/mol. The molecule has 144 valence electrons. The number of carbonyl (C=O) groups is 1. The van der Waals surface area contributed by atoms with Gasteiger partial charge in [-0.2, -0.15) is 0 Å². The molecular formula is C19H24ClF3N2O. The van der Waals surface area contributed by atoms with Crippen molar-refractivity contribution in [2.24, 2.45) is 5.92 Å². The first kappa shape index (κ1) is 19.5. The zero-order chi connectivity index (χ0) is 18.7. The summed E-state index contributed by atoms with van der Waals surface area (Å²) in [5.41, 5.74) is 0.216. The summed E-state index contributed by atoms with van der Waals surface area (Å²) in [5, 5.41) is 6.53. The van der Waals surface area contributed by atoms with Crippen molar-refractivity contribution in [3.8, 4) is 0 Å². The minimum Gasteiger partial charge on any atom is -0.349 e. The highest BCUT2D eigenvalue weighted by atomic mass is 35.5. The Kier molecular flexibility index (Phi) is 6.13. The van der Waals surface area contributed by atoms with Crippen molar-refractivity contribution in [1.82, 2.24) is 10.6 Å². The number of hydrogen-bond donors (Lipinski definition) is 2. The van der Waals surface area contributed by atoms with Gasteiger partial charge in [0.1, 0.15) is 5.82 Å². The Balaban J connectivity index is 1.39. The number of benzene rings is 1. The highest BCUT2D eigenvalue weighted by Gasteiger charge is 2.39. The highest BCUT2D eigenvalue weighted by molar-refractivity contribution is 6.31. The van der Waals surface area contributed by atoms with Gasteiger partial charge < -0.3 is 10.6 Å². The summed E-state index contributed by atoms with van der Waals surface area (Å²) in [6, 6.07) is 4.08. The second-order valence-electron chi connectivity index (χ2n) is 7.55. The number of rotatable bonds is 6. The molecule has 2 aliphatic carbocycles. The number of halogens is 4. The molecule has 2 fully saturated rings. The lowest BCUT2D eigenvalue weighted by atomic mass is 10.0. The summed E-state index contributed by atoms with van der Waals surface area (Å²) in [5.74, 6) is -3.24. The van der Waals surface area contributed by atoms with E-state index in [1.807, 2.05) is 0 Å². The van der Waals surface area contributed by atoms with Crippen molar-refractivity contribution in [3.63, 3.8) is 0 Å². The van der Waals surface area contributed by atoms with Crippen molar-refractivity contribution < 1.29 is 18.0 Å². The van der Waals surface area contributed by atoms with Gasteiger partial charge in [0.25, 0.3) is 5.91 Å². The molecule has 3 atom stereocenters. The predicted octanol–water partition coefficient (Wildman–Crippen LogP) is 4.55. The maximum absolute atomic E-state index is 13.4. The minimum absolute atomic E-state index is 0.00816. The third-order valence-electron chi connectivity index (χ3n) is 5.38. The fourth-order valence-corrected chi connectivity index (χ4v) is 4.25. The lowest BCUT2D eigenvalue weighted by Crippen LogP contribution is -2.35. The van der Waals surface area contributed by atoms with Crippen LogP contribution in [0.15, 0.2) is 18.2 Å². The van der Waals surface area contributed by atoms with E-state index < -0.39 is 11.7 Å². The molecule has 0 aliphatic heterocycles. The zero-order valence-corrected chi connectivity index (χ0v) is 15.3. The Morgan fingerprint density at radius 3 is 2.65 bits per heavy atom. The maximum atomic E-state index is 13.4. The van der Waals surface area contributed by atoms with Crippen LogP contribution in [0.5, 0.6) is 0 Å². The van der Waals surface area contributed by atoms with Crippen LogP contribution in [-0.2, 0) is 0 Å². The van der Waals surface area contributed by atoms with Crippen LogP contribution >= 0.6 is 11.6 Å². The second kappa shape index (κ2) is 8.17. The van der Waals surface area contributed by atoms with Gasteiger partial charge in [0, 0.05) is 35.5 Å². The third kappa shape index (κ3) is 5.36. The van der Waals surface area contributed by atoms with Crippen LogP contribution in [0.25, 0.3) is 0 Å². The number of amides is 1. The van der Waals surface area contributed by atoms with Gasteiger partial charge in [-0.25, -0.2) is 13.2 Å². The number of hydrogen-bond acceptors (Lipinski definition) is 2. The molecule has 0 saturated heterocycles. The van der Waals surface area contributed by atoms with Crippen molar-refractivity contribution in [2.45, 2.75) is 63.0 Å². The molecule has 1 aromatic carbocycles. The summed E-state index contributed by atoms with van der Waals surface area (Å²) in [4.78, 5) is 12.2. The number of nitrogens with one attached hydrogen (secondary N) is 2. The number of alkyl halides is 2. The van der Waals surface area contributed by atoms with E-state index in [-0.39, 0.29) is 47.3 Å². The molecule has 26 heavy (non-hydrogen) atoms. The quantitative estimate of drug-likeness (QED) is 0.750. The molecule has 0 aromatic heterocycles. The van der Waals surface area contributed by atoms with E-state index in [0.29, 0.717) is 6.42 Å². The fraction of sp³-hybridized carbons (Fsp3) is 0.632. The van der Waals surface area contributed by atoms with Gasteiger partial charge in [0.15, 0.2) is 0 Å². The average Bonchev–Trinajstić information content (AvgIpc) is 3.12. The Bertz CT molecular complexity index is 635. The Morgan fingerprint density at radius 1 is 1.19 bits per heavy atom. The van der Waals surface area contributed by atoms with Gasteiger partial charge >= 0.3 is 0 Å². The molecule has 0 spiro atoms. The average molecular weight is 389 g/mol. The molecule has 0 radical (unpaired) electrons. The van der Waals surface area contributed by atoms with Crippen LogP contribution < -0.4 is 10.6 Å². The molecule has 3 nitrogen and oxygen atoms in total. The van der Waals surface area contributed by atoms with Crippen LogP contribution in [0.1, 0.15) is 55.3 Å². The SMILES string of the molecule is O=C(N[C@H]1CC[C@H](NCCC2CCC(F)(F)C2)C1)c1cc(F)cc(Cl)c1. The largest absolute Gasteiger partial charge is 0.349 e. The molecule has 1 unspecified atom stereocenters. The predicted molar refractivity (Wildman–Crippen MR) is 95.2 cm³/mol. The van der Waals surface area contributed by atoms with Crippen molar-refractivity contribution in [3.05, 3.63) is 34.6 Å². The summed E-state index contributed by atoms with van der Waals surface area (Å²) < 4.78 is 39.7. The van der Waals surface area contributed by atoms with Crippen LogP contribution in [0.2, 0.25) is 5.02 Å². The molecule has 1 amide bonds. The van der Waals surface area contributed by atoms with Gasteiger partial charge in [-0.15, -0.1) is 0 Å². The molecule has 0 heterocycles. The van der Waals surface area contributed by atoms with Crippen LogP contribution in [-0.4, -0.2) is 30.5 Å². The minimum atomic E-state index is -2.48. The molecule has 2 N–H and O–H groups in total. The zero-order valence-electron chi connectivity index (χ0n) is 14.5. The highest BCUT2D eigenvalue weighted by Crippen LogP contribution is 2.40. The summed E-state index contributed by atoms with van der Waals surface area (Å²) >= 11 is 5.79. The third-order valence-corrected chi connectivity index (χ3v) is 5.60. The molecule has 0 bridgehead atoms. The fourth-order valence-electron chi connectivity index (χ4n) is 4.03. The topological polar surface area (TPSA) is 41.1 Å². The van der Waals surface area contributed by atoms with E-state index in [1.165, 1.54) is 12.1 Å². The molecule has 2 saturated carbocycles. The van der Waals surface area contributed by atoms with E-state index in [9.17, 15) is 18.0 Å². The Hall–Kier alpha value is -1.27. The lowest BCUT2D eigenvalue weighted by Gasteiger charge is -2.16.